The van der Waals surface area contributed by atoms with Crippen LogP contribution in [0.25, 0.3) is 10.9 Å². The molecule has 1 aromatic carbocycles. The van der Waals surface area contributed by atoms with Gasteiger partial charge in [-0.25, -0.2) is 0 Å². The molecular weight excluding hydrogens is 422 g/mol. The lowest BCUT2D eigenvalue weighted by Crippen LogP contribution is -2.61. The van der Waals surface area contributed by atoms with Crippen LogP contribution in [0, 0.1) is 0 Å². The van der Waals surface area contributed by atoms with Gasteiger partial charge in [-0.05, 0) is 47.3 Å². The number of hydrogen-bond acceptors (Lipinski definition) is 3. The Hall–Kier alpha value is -1.93. The number of aromatic nitrogens is 2. The van der Waals surface area contributed by atoms with Gasteiger partial charge in [0.05, 0.1) is 30.8 Å². The molecule has 7 nitrogen and oxygen atoms in total. The molecule has 2 aliphatic rings. The number of rotatable bonds is 3. The van der Waals surface area contributed by atoms with Crippen molar-refractivity contribution in [2.24, 2.45) is 5.73 Å². The minimum atomic E-state index is -0.849. The van der Waals surface area contributed by atoms with Crippen LogP contribution in [0.15, 0.2) is 22.8 Å². The van der Waals surface area contributed by atoms with E-state index in [1.54, 1.807) is 4.90 Å². The van der Waals surface area contributed by atoms with Crippen molar-refractivity contribution in [2.45, 2.75) is 44.7 Å². The van der Waals surface area contributed by atoms with Crippen LogP contribution in [0.5, 0.6) is 0 Å². The molecule has 0 aliphatic carbocycles. The number of halogens is 1. The van der Waals surface area contributed by atoms with E-state index in [-0.39, 0.29) is 0 Å². The van der Waals surface area contributed by atoms with Crippen molar-refractivity contribution >= 4 is 38.6 Å². The molecule has 2 amide bonds. The van der Waals surface area contributed by atoms with Gasteiger partial charge in [0.1, 0.15) is 6.54 Å². The van der Waals surface area contributed by atoms with Crippen LogP contribution in [-0.4, -0.2) is 63.6 Å². The zero-order valence-corrected chi connectivity index (χ0v) is 17.6. The normalized spacial score (nSPS) is 20.4. The second kappa shape index (κ2) is 7.83. The van der Waals surface area contributed by atoms with Crippen LogP contribution in [0.3, 0.4) is 0 Å². The fourth-order valence-corrected chi connectivity index (χ4v) is 5.71. The van der Waals surface area contributed by atoms with Crippen molar-refractivity contribution in [3.63, 3.8) is 0 Å². The Balaban J connectivity index is 1.55. The average Bonchev–Trinajstić information content (AvgIpc) is 3.17. The number of piperidine rings is 2. The highest BCUT2D eigenvalue weighted by Crippen LogP contribution is 2.33. The predicted molar refractivity (Wildman–Crippen MR) is 110 cm³/mol. The van der Waals surface area contributed by atoms with Gasteiger partial charge in [-0.1, -0.05) is 0 Å². The molecule has 0 bridgehead atoms. The smallest absolute Gasteiger partial charge is 0.311 e. The van der Waals surface area contributed by atoms with Gasteiger partial charge in [-0.2, -0.15) is 5.10 Å². The molecule has 4 rings (SSSR count). The number of nitrogens with one attached hydrogen (secondary N) is 1. The first-order valence-corrected chi connectivity index (χ1v) is 10.8. The molecule has 0 unspecified atom stereocenters. The number of carbonyl (C=O) groups is 2. The number of carbonyl (C=O) groups excluding carboxylic acids is 2. The summed E-state index contributed by atoms with van der Waals surface area (Å²) in [7, 11) is 0. The number of amides is 2. The second-order valence-electron chi connectivity index (χ2n) is 8.18. The van der Waals surface area contributed by atoms with Crippen molar-refractivity contribution < 1.29 is 14.1 Å². The lowest BCUT2D eigenvalue weighted by Gasteiger charge is -2.50. The summed E-state index contributed by atoms with van der Waals surface area (Å²) >= 11 is 3.68. The zero-order chi connectivity index (χ0) is 19.7. The van der Waals surface area contributed by atoms with E-state index in [4.69, 9.17) is 5.73 Å². The summed E-state index contributed by atoms with van der Waals surface area (Å²) in [6.45, 7) is 4.59. The summed E-state index contributed by atoms with van der Waals surface area (Å²) in [6, 6.07) is 4.96. The van der Waals surface area contributed by atoms with Gasteiger partial charge in [-0.15, -0.1) is 0 Å². The minimum absolute atomic E-state index is 0.510. The van der Waals surface area contributed by atoms with Crippen molar-refractivity contribution in [2.75, 3.05) is 26.2 Å². The molecule has 3 N–H and O–H groups in total. The highest BCUT2D eigenvalue weighted by atomic mass is 79.9. The molecule has 150 valence electrons. The largest absolute Gasteiger partial charge is 0.361 e. The molecule has 28 heavy (non-hydrogen) atoms. The molecule has 2 aliphatic heterocycles. The third-order valence-electron chi connectivity index (χ3n) is 6.50. The SMILES string of the molecule is NC(=O)C(=O)N1CCC([N+]2(Cc3cc(Br)c4[nH]ncc4c3)CCCCC2)CC1. The molecule has 2 aromatic rings. The third-order valence-corrected chi connectivity index (χ3v) is 7.13. The fraction of sp³-hybridized carbons (Fsp3) is 0.550. The fourth-order valence-electron chi connectivity index (χ4n) is 5.09. The minimum Gasteiger partial charge on any atom is -0.361 e. The maximum atomic E-state index is 11.9. The molecular formula is C20H27BrN5O2+. The van der Waals surface area contributed by atoms with Gasteiger partial charge < -0.3 is 15.1 Å². The Morgan fingerprint density at radius 3 is 2.61 bits per heavy atom. The highest BCUT2D eigenvalue weighted by Gasteiger charge is 2.41. The van der Waals surface area contributed by atoms with Crippen molar-refractivity contribution in [3.05, 3.63) is 28.4 Å². The van der Waals surface area contributed by atoms with Crippen LogP contribution < -0.4 is 5.73 Å². The van der Waals surface area contributed by atoms with E-state index in [9.17, 15) is 9.59 Å². The number of benzene rings is 1. The first-order chi connectivity index (χ1) is 13.5. The third kappa shape index (κ3) is 3.67. The monoisotopic (exact) mass is 448 g/mol. The number of primary amides is 1. The van der Waals surface area contributed by atoms with Crippen molar-refractivity contribution in [1.82, 2.24) is 15.1 Å². The Labute approximate surface area is 173 Å². The number of fused-ring (bicyclic) bond motifs is 1. The van der Waals surface area contributed by atoms with E-state index in [2.05, 4.69) is 38.3 Å². The van der Waals surface area contributed by atoms with E-state index in [1.807, 2.05) is 6.20 Å². The predicted octanol–water partition coefficient (Wildman–Crippen LogP) is 2.30. The van der Waals surface area contributed by atoms with Crippen molar-refractivity contribution in [1.29, 1.82) is 0 Å². The van der Waals surface area contributed by atoms with Gasteiger partial charge in [0.15, 0.2) is 0 Å². The number of H-pyrrole nitrogens is 1. The number of nitrogens with two attached hydrogens (primary N) is 1. The molecule has 3 heterocycles. The molecule has 8 heteroatoms. The lowest BCUT2D eigenvalue weighted by molar-refractivity contribution is -0.968. The standard InChI is InChI=1S/C20H26BrN5O2/c21-17-11-14(10-15-12-23-24-18(15)17)13-26(8-2-1-3-9-26)16-4-6-25(7-5-16)20(28)19(22)27/h10-12,16H,1-9,13H2,(H2-,22,23,24,27)/p+1. The maximum Gasteiger partial charge on any atom is 0.311 e. The number of aromatic amines is 1. The number of likely N-dealkylation sites (tertiary alicyclic amines) is 2. The molecule has 0 radical (unpaired) electrons. The lowest BCUT2D eigenvalue weighted by atomic mass is 9.94. The summed E-state index contributed by atoms with van der Waals surface area (Å²) in [4.78, 5) is 24.8. The summed E-state index contributed by atoms with van der Waals surface area (Å²) in [6.07, 6.45) is 7.51. The number of nitrogens with zero attached hydrogens (tertiary/aromatic N) is 3. The van der Waals surface area contributed by atoms with E-state index in [0.29, 0.717) is 19.1 Å². The Kier molecular flexibility index (Phi) is 5.42. The summed E-state index contributed by atoms with van der Waals surface area (Å²) in [5.41, 5.74) is 7.53. The van der Waals surface area contributed by atoms with Crippen molar-refractivity contribution in [3.8, 4) is 0 Å². The quantitative estimate of drug-likeness (QED) is 0.557. The van der Waals surface area contributed by atoms with E-state index < -0.39 is 11.8 Å². The van der Waals surface area contributed by atoms with E-state index >= 15 is 0 Å². The first-order valence-electron chi connectivity index (χ1n) is 10.0. The van der Waals surface area contributed by atoms with Crippen LogP contribution >= 0.6 is 15.9 Å². The topological polar surface area (TPSA) is 92.1 Å². The van der Waals surface area contributed by atoms with Gasteiger partial charge in [0.2, 0.25) is 0 Å². The van der Waals surface area contributed by atoms with Gasteiger partial charge >= 0.3 is 11.8 Å². The van der Waals surface area contributed by atoms with Crippen LogP contribution in [0.4, 0.5) is 0 Å². The molecule has 0 atom stereocenters. The van der Waals surface area contributed by atoms with Crippen LogP contribution in [-0.2, 0) is 16.1 Å². The van der Waals surface area contributed by atoms with E-state index in [0.717, 1.165) is 39.2 Å². The average molecular weight is 449 g/mol. The molecule has 0 spiro atoms. The Morgan fingerprint density at radius 1 is 1.21 bits per heavy atom. The second-order valence-corrected chi connectivity index (χ2v) is 9.04. The molecule has 2 saturated heterocycles. The van der Waals surface area contributed by atoms with E-state index in [1.165, 1.54) is 37.9 Å². The summed E-state index contributed by atoms with van der Waals surface area (Å²) in [5, 5.41) is 8.33. The summed E-state index contributed by atoms with van der Waals surface area (Å²) < 4.78 is 2.13. The Morgan fingerprint density at radius 2 is 1.93 bits per heavy atom. The number of quaternary nitrogens is 1. The van der Waals surface area contributed by atoms with Crippen LogP contribution in [0.1, 0.15) is 37.7 Å². The number of hydrogen-bond donors (Lipinski definition) is 2. The molecule has 1 aromatic heterocycles. The van der Waals surface area contributed by atoms with Gasteiger partial charge in [0.25, 0.3) is 0 Å². The van der Waals surface area contributed by atoms with Gasteiger partial charge in [-0.3, -0.25) is 14.7 Å². The van der Waals surface area contributed by atoms with Gasteiger partial charge in [0, 0.05) is 41.4 Å². The molecule has 0 saturated carbocycles. The highest BCUT2D eigenvalue weighted by molar-refractivity contribution is 9.10. The summed E-state index contributed by atoms with van der Waals surface area (Å²) in [5.74, 6) is -1.39. The van der Waals surface area contributed by atoms with Crippen LogP contribution in [0.2, 0.25) is 0 Å². The zero-order valence-electron chi connectivity index (χ0n) is 16.0. The maximum absolute atomic E-state index is 11.9. The molecule has 2 fully saturated rings. The Bertz CT molecular complexity index is 882. The first kappa shape index (κ1) is 19.4.